The van der Waals surface area contributed by atoms with E-state index in [2.05, 4.69) is 49.2 Å². The first-order chi connectivity index (χ1) is 7.72. The minimum atomic E-state index is 0.508. The molecule has 1 aliphatic rings. The highest BCUT2D eigenvalue weighted by atomic mass is 15.2. The van der Waals surface area contributed by atoms with Gasteiger partial charge in [-0.1, -0.05) is 37.4 Å². The van der Waals surface area contributed by atoms with Crippen molar-refractivity contribution in [2.45, 2.75) is 25.8 Å². The van der Waals surface area contributed by atoms with Crippen molar-refractivity contribution in [1.82, 2.24) is 4.90 Å². The van der Waals surface area contributed by atoms with E-state index in [-0.39, 0.29) is 0 Å². The van der Waals surface area contributed by atoms with Gasteiger partial charge in [0.15, 0.2) is 0 Å². The molecule has 1 unspecified atom stereocenters. The molecule has 0 aromatic heterocycles. The molecular weight excluding hydrogens is 194 g/mol. The number of rotatable bonds is 2. The van der Waals surface area contributed by atoms with Crippen molar-refractivity contribution in [1.29, 1.82) is 0 Å². The Bertz CT molecular complexity index is 406. The highest BCUT2D eigenvalue weighted by Crippen LogP contribution is 2.22. The van der Waals surface area contributed by atoms with E-state index in [0.717, 1.165) is 25.1 Å². The van der Waals surface area contributed by atoms with E-state index in [4.69, 9.17) is 0 Å². The molecule has 84 valence electrons. The second kappa shape index (κ2) is 4.56. The van der Waals surface area contributed by atoms with Crippen molar-refractivity contribution in [2.75, 3.05) is 6.54 Å². The Morgan fingerprint density at radius 1 is 1.38 bits per heavy atom. The molecule has 1 heteroatoms. The van der Waals surface area contributed by atoms with Crippen molar-refractivity contribution in [2.24, 2.45) is 0 Å². The van der Waals surface area contributed by atoms with Crippen LogP contribution in [0.1, 0.15) is 18.1 Å². The smallest absolute Gasteiger partial charge is 0.0302 e. The average molecular weight is 213 g/mol. The van der Waals surface area contributed by atoms with Crippen LogP contribution in [0.2, 0.25) is 0 Å². The molecule has 1 aliphatic heterocycles. The van der Waals surface area contributed by atoms with Crippen molar-refractivity contribution in [3.8, 4) is 0 Å². The Hall–Kier alpha value is -1.50. The summed E-state index contributed by atoms with van der Waals surface area (Å²) in [7, 11) is 0. The third-order valence-electron chi connectivity index (χ3n) is 3.39. The van der Waals surface area contributed by atoms with E-state index < -0.39 is 0 Å². The Morgan fingerprint density at radius 2 is 2.06 bits per heavy atom. The zero-order valence-corrected chi connectivity index (χ0v) is 9.95. The van der Waals surface area contributed by atoms with E-state index in [1.165, 1.54) is 11.1 Å². The molecule has 1 heterocycles. The molecule has 1 aromatic carbocycles. The first-order valence-electron chi connectivity index (χ1n) is 5.87. The van der Waals surface area contributed by atoms with Gasteiger partial charge in [0.25, 0.3) is 0 Å². The highest BCUT2D eigenvalue weighted by molar-refractivity contribution is 5.30. The molecule has 0 saturated carbocycles. The van der Waals surface area contributed by atoms with Crippen LogP contribution in [0, 0.1) is 0 Å². The fourth-order valence-corrected chi connectivity index (χ4v) is 2.43. The predicted molar refractivity (Wildman–Crippen MR) is 69.4 cm³/mol. The van der Waals surface area contributed by atoms with E-state index in [9.17, 15) is 0 Å². The van der Waals surface area contributed by atoms with Gasteiger partial charge in [-0.3, -0.25) is 0 Å². The van der Waals surface area contributed by atoms with Gasteiger partial charge in [0.05, 0.1) is 0 Å². The second-order valence-corrected chi connectivity index (χ2v) is 4.46. The summed E-state index contributed by atoms with van der Waals surface area (Å²) in [4.78, 5) is 2.35. The van der Waals surface area contributed by atoms with Gasteiger partial charge in [-0.25, -0.2) is 0 Å². The topological polar surface area (TPSA) is 3.24 Å². The maximum Gasteiger partial charge on any atom is 0.0302 e. The van der Waals surface area contributed by atoms with Crippen LogP contribution < -0.4 is 0 Å². The van der Waals surface area contributed by atoms with Gasteiger partial charge >= 0.3 is 0 Å². The highest BCUT2D eigenvalue weighted by Gasteiger charge is 2.19. The summed E-state index contributed by atoms with van der Waals surface area (Å²) in [6, 6.07) is 9.24. The normalized spacial score (nSPS) is 19.8. The van der Waals surface area contributed by atoms with Crippen molar-refractivity contribution < 1.29 is 0 Å². The predicted octanol–water partition coefficient (Wildman–Crippen LogP) is 3.18. The lowest BCUT2D eigenvalue weighted by atomic mass is 10.0. The molecule has 0 spiro atoms. The Morgan fingerprint density at radius 3 is 2.75 bits per heavy atom. The Labute approximate surface area is 98.1 Å². The summed E-state index contributed by atoms with van der Waals surface area (Å²) in [6.45, 7) is 11.2. The molecule has 16 heavy (non-hydrogen) atoms. The minimum Gasteiger partial charge on any atom is -0.369 e. The Kier molecular flexibility index (Phi) is 3.14. The fourth-order valence-electron chi connectivity index (χ4n) is 2.43. The third kappa shape index (κ3) is 2.04. The molecule has 0 radical (unpaired) electrons. The quantitative estimate of drug-likeness (QED) is 0.682. The van der Waals surface area contributed by atoms with Gasteiger partial charge in [-0.2, -0.15) is 0 Å². The molecule has 0 bridgehead atoms. The molecule has 0 fully saturated rings. The van der Waals surface area contributed by atoms with Gasteiger partial charge in [0, 0.05) is 18.3 Å². The van der Waals surface area contributed by atoms with Crippen LogP contribution in [-0.4, -0.2) is 17.5 Å². The van der Waals surface area contributed by atoms with Crippen molar-refractivity contribution >= 4 is 0 Å². The summed E-state index contributed by atoms with van der Waals surface area (Å²) >= 11 is 0. The van der Waals surface area contributed by atoms with Crippen LogP contribution in [0.4, 0.5) is 0 Å². The molecule has 2 rings (SSSR count). The molecular formula is C15H19N. The summed E-state index contributed by atoms with van der Waals surface area (Å²) in [5.74, 6) is 0. The van der Waals surface area contributed by atoms with Crippen LogP contribution in [-0.2, 0) is 12.8 Å². The lowest BCUT2D eigenvalue weighted by Crippen LogP contribution is -2.32. The maximum atomic E-state index is 4.06. The summed E-state index contributed by atoms with van der Waals surface area (Å²) < 4.78 is 0. The summed E-state index contributed by atoms with van der Waals surface area (Å²) in [6.07, 6.45) is 4.06. The number of fused-ring (bicyclic) bond motifs is 1. The van der Waals surface area contributed by atoms with Crippen molar-refractivity contribution in [3.63, 3.8) is 0 Å². The largest absolute Gasteiger partial charge is 0.369 e. The monoisotopic (exact) mass is 213 g/mol. The van der Waals surface area contributed by atoms with Crippen LogP contribution >= 0.6 is 0 Å². The molecule has 1 aromatic rings. The molecule has 0 aliphatic carbocycles. The summed E-state index contributed by atoms with van der Waals surface area (Å²) in [5.41, 5.74) is 4.00. The summed E-state index contributed by atoms with van der Waals surface area (Å²) in [5, 5.41) is 0. The van der Waals surface area contributed by atoms with E-state index >= 15 is 0 Å². The third-order valence-corrected chi connectivity index (χ3v) is 3.39. The van der Waals surface area contributed by atoms with E-state index in [1.54, 1.807) is 0 Å². The van der Waals surface area contributed by atoms with Gasteiger partial charge in [0.2, 0.25) is 0 Å². The molecule has 0 N–H and O–H groups in total. The van der Waals surface area contributed by atoms with Crippen molar-refractivity contribution in [3.05, 3.63) is 60.3 Å². The van der Waals surface area contributed by atoms with Gasteiger partial charge in [-0.15, -0.1) is 0 Å². The number of benzene rings is 1. The van der Waals surface area contributed by atoms with Crippen LogP contribution in [0.15, 0.2) is 49.2 Å². The van der Waals surface area contributed by atoms with Crippen LogP contribution in [0.3, 0.4) is 0 Å². The number of hydrogen-bond acceptors (Lipinski definition) is 1. The maximum absolute atomic E-state index is 4.06. The molecule has 0 amide bonds. The number of nitrogens with zero attached hydrogens (tertiary/aromatic N) is 1. The molecule has 1 nitrogen and oxygen atoms in total. The van der Waals surface area contributed by atoms with Crippen LogP contribution in [0.25, 0.3) is 0 Å². The zero-order valence-electron chi connectivity index (χ0n) is 9.95. The number of hydrogen-bond donors (Lipinski definition) is 0. The first-order valence-corrected chi connectivity index (χ1v) is 5.87. The van der Waals surface area contributed by atoms with E-state index in [0.29, 0.717) is 6.04 Å². The SMILES string of the molecule is C=CC(=C)N1CCc2ccccc2CC1C. The minimum absolute atomic E-state index is 0.508. The van der Waals surface area contributed by atoms with Gasteiger partial charge < -0.3 is 4.90 Å². The van der Waals surface area contributed by atoms with Gasteiger partial charge in [-0.05, 0) is 37.0 Å². The van der Waals surface area contributed by atoms with Gasteiger partial charge in [0.1, 0.15) is 0 Å². The lowest BCUT2D eigenvalue weighted by Gasteiger charge is -2.29. The number of allylic oxidation sites excluding steroid dienone is 1. The van der Waals surface area contributed by atoms with Crippen LogP contribution in [0.5, 0.6) is 0 Å². The zero-order chi connectivity index (χ0) is 11.5. The van der Waals surface area contributed by atoms with E-state index in [1.807, 2.05) is 6.08 Å². The Balaban J connectivity index is 2.24. The molecule has 0 saturated heterocycles. The fraction of sp³-hybridized carbons (Fsp3) is 0.333. The second-order valence-electron chi connectivity index (χ2n) is 4.46. The molecule has 1 atom stereocenters. The first kappa shape index (κ1) is 11.0. The average Bonchev–Trinajstić information content (AvgIpc) is 2.46. The standard InChI is InChI=1S/C15H19N/c1-4-12(2)16-10-9-14-7-5-6-8-15(14)11-13(16)3/h4-8,13H,1-2,9-11H2,3H3. The lowest BCUT2D eigenvalue weighted by molar-refractivity contribution is 0.287.